The van der Waals surface area contributed by atoms with Crippen molar-refractivity contribution in [1.29, 1.82) is 21.0 Å². The maximum Gasteiger partial charge on any atom is 0.101 e. The molecule has 360 valence electrons. The van der Waals surface area contributed by atoms with Crippen LogP contribution in [-0.4, -0.2) is 15.9 Å². The quantitative estimate of drug-likeness (QED) is 0.134. The highest BCUT2D eigenvalue weighted by Crippen LogP contribution is 2.53. The van der Waals surface area contributed by atoms with E-state index in [-0.39, 0.29) is 5.66 Å². The van der Waals surface area contributed by atoms with Crippen molar-refractivity contribution in [2.45, 2.75) is 18.5 Å². The fourth-order valence-corrected chi connectivity index (χ4v) is 11.2. The van der Waals surface area contributed by atoms with Gasteiger partial charge in [-0.1, -0.05) is 164 Å². The van der Waals surface area contributed by atoms with Gasteiger partial charge in [-0.15, -0.1) is 9.24 Å². The predicted octanol–water partition coefficient (Wildman–Crippen LogP) is 17.5. The van der Waals surface area contributed by atoms with Gasteiger partial charge in [-0.05, 0) is 146 Å². The van der Waals surface area contributed by atoms with Crippen molar-refractivity contribution in [2.24, 2.45) is 4.99 Å². The molecule has 10 aromatic carbocycles. The molecular formula is C70H45N6P. The predicted molar refractivity (Wildman–Crippen MR) is 317 cm³/mol. The van der Waals surface area contributed by atoms with E-state index in [1.165, 1.54) is 0 Å². The second-order valence-corrected chi connectivity index (χ2v) is 20.1. The summed E-state index contributed by atoms with van der Waals surface area (Å²) in [5.74, 6) is 0. The summed E-state index contributed by atoms with van der Waals surface area (Å²) in [6.07, 6.45) is 3.76. The summed E-state index contributed by atoms with van der Waals surface area (Å²) in [7, 11) is 3.01. The Balaban J connectivity index is 1.27. The van der Waals surface area contributed by atoms with Crippen LogP contribution in [0.25, 0.3) is 99.8 Å². The van der Waals surface area contributed by atoms with Crippen LogP contribution < -0.4 is 0 Å². The van der Waals surface area contributed by atoms with Gasteiger partial charge in [-0.25, -0.2) is 0 Å². The van der Waals surface area contributed by atoms with E-state index in [1.807, 2.05) is 66.7 Å². The van der Waals surface area contributed by atoms with E-state index in [1.54, 1.807) is 24.3 Å². The zero-order valence-corrected chi connectivity index (χ0v) is 42.8. The summed E-state index contributed by atoms with van der Waals surface area (Å²) >= 11 is 0. The van der Waals surface area contributed by atoms with Gasteiger partial charge in [0.1, 0.15) is 6.07 Å². The summed E-state index contributed by atoms with van der Waals surface area (Å²) in [4.78, 5) is 5.96. The second kappa shape index (κ2) is 20.6. The van der Waals surface area contributed by atoms with Crippen LogP contribution in [0, 0.1) is 45.3 Å². The van der Waals surface area contributed by atoms with Gasteiger partial charge >= 0.3 is 0 Å². The minimum Gasteiger partial charge on any atom is -0.308 e. The van der Waals surface area contributed by atoms with Crippen molar-refractivity contribution in [3.63, 3.8) is 0 Å². The van der Waals surface area contributed by atoms with E-state index in [4.69, 9.17) is 4.99 Å². The van der Waals surface area contributed by atoms with Gasteiger partial charge in [-0.2, -0.15) is 21.0 Å². The molecule has 0 radical (unpaired) electrons. The molecule has 12 rings (SSSR count). The van der Waals surface area contributed by atoms with Crippen LogP contribution in [0.3, 0.4) is 0 Å². The number of hydrogen-bond acceptors (Lipinski definition) is 5. The van der Waals surface area contributed by atoms with Crippen LogP contribution in [0.2, 0.25) is 0 Å². The zero-order valence-electron chi connectivity index (χ0n) is 41.7. The lowest BCUT2D eigenvalue weighted by atomic mass is 9.83. The molecule has 0 aliphatic heterocycles. The number of benzene rings is 10. The van der Waals surface area contributed by atoms with Crippen molar-refractivity contribution >= 4 is 48.0 Å². The first kappa shape index (κ1) is 47.8. The highest BCUT2D eigenvalue weighted by Gasteiger charge is 2.31. The second-order valence-electron chi connectivity index (χ2n) is 19.2. The Labute approximate surface area is 449 Å². The Bertz CT molecular complexity index is 4240. The number of nitriles is 4. The third kappa shape index (κ3) is 8.97. The van der Waals surface area contributed by atoms with E-state index in [9.17, 15) is 21.0 Å². The Morgan fingerprint density at radius 2 is 0.818 bits per heavy atom. The van der Waals surface area contributed by atoms with E-state index in [0.29, 0.717) is 56.7 Å². The van der Waals surface area contributed by atoms with E-state index in [2.05, 4.69) is 178 Å². The van der Waals surface area contributed by atoms with Crippen LogP contribution >= 0.6 is 9.24 Å². The van der Waals surface area contributed by atoms with Gasteiger partial charge in [0.15, 0.2) is 0 Å². The standard InChI is InChI=1S/C70H45N6P/c71-41-45-19-25-51(26-20-45)66-62(44-74)67(52-27-21-46(42-72)22-28-52)70(76-64-35-31-55(49-13-6-2-7-14-49)38-60(64)61-39-56(32-36-65(61)76)50-15-8-3-9-16-50)68(53-29-23-47(43-73)24-30-53)69(66)75-63-34-33-58(77)40-59(63)57-18-10-17-54(37-57)48-11-4-1-5-12-48/h1-32,35-40,58H,33-34,77H2. The minimum atomic E-state index is 0.184. The number of aromatic nitrogens is 1. The van der Waals surface area contributed by atoms with Gasteiger partial charge < -0.3 is 4.57 Å². The molecule has 11 aromatic rings. The minimum absolute atomic E-state index is 0.184. The average molecular weight is 1000 g/mol. The molecule has 0 saturated heterocycles. The van der Waals surface area contributed by atoms with E-state index < -0.39 is 0 Å². The number of aliphatic imine (C=N–C) groups is 1. The molecule has 6 nitrogen and oxygen atoms in total. The summed E-state index contributed by atoms with van der Waals surface area (Å²) in [6.45, 7) is 0. The fourth-order valence-electron chi connectivity index (χ4n) is 10.9. The first-order valence-electron chi connectivity index (χ1n) is 25.5. The first-order valence-corrected chi connectivity index (χ1v) is 26.1. The molecule has 77 heavy (non-hydrogen) atoms. The van der Waals surface area contributed by atoms with Crippen molar-refractivity contribution in [1.82, 2.24) is 4.57 Å². The average Bonchev–Trinajstić information content (AvgIpc) is 3.92. The SMILES string of the molecule is N#Cc1ccc(-c2c(C#N)c(-c3ccc(C#N)cc3)c(-n3c4ccc(-c5ccccc5)cc4c4cc(-c5ccccc5)ccc43)c(-c3ccc(C#N)cc3)c2N=C2CCC(P)C=C2c2cccc(-c3ccccc3)c2)cc1. The van der Waals surface area contributed by atoms with E-state index >= 15 is 0 Å². The van der Waals surface area contributed by atoms with Crippen molar-refractivity contribution in [2.75, 3.05) is 0 Å². The molecule has 0 amide bonds. The number of fused-ring (bicyclic) bond motifs is 3. The highest BCUT2D eigenvalue weighted by molar-refractivity contribution is 7.18. The van der Waals surface area contributed by atoms with Gasteiger partial charge in [0.05, 0.1) is 62.9 Å². The smallest absolute Gasteiger partial charge is 0.101 e. The van der Waals surface area contributed by atoms with Crippen molar-refractivity contribution in [3.05, 3.63) is 258 Å². The van der Waals surface area contributed by atoms with Gasteiger partial charge in [0.2, 0.25) is 0 Å². The maximum absolute atomic E-state index is 12.1. The normalized spacial score (nSPS) is 13.6. The van der Waals surface area contributed by atoms with Gasteiger partial charge in [0.25, 0.3) is 0 Å². The number of nitrogens with zero attached hydrogens (tertiary/aromatic N) is 6. The Morgan fingerprint density at radius 1 is 0.403 bits per heavy atom. The van der Waals surface area contributed by atoms with Crippen LogP contribution in [0.15, 0.2) is 236 Å². The fraction of sp³-hybridized carbons (Fsp3) is 0.0429. The molecule has 0 saturated carbocycles. The molecule has 0 fully saturated rings. The third-order valence-electron chi connectivity index (χ3n) is 14.6. The van der Waals surface area contributed by atoms with Crippen LogP contribution in [0.1, 0.15) is 40.7 Å². The Morgan fingerprint density at radius 3 is 1.29 bits per heavy atom. The summed E-state index contributed by atoms with van der Waals surface area (Å²) in [5.41, 5.74) is 18.7. The van der Waals surface area contributed by atoms with Gasteiger partial charge in [0, 0.05) is 33.2 Å². The molecule has 0 bridgehead atoms. The highest BCUT2D eigenvalue weighted by atomic mass is 31.0. The lowest BCUT2D eigenvalue weighted by Crippen LogP contribution is -2.14. The topological polar surface area (TPSA) is 112 Å². The van der Waals surface area contributed by atoms with Crippen molar-refractivity contribution in [3.8, 4) is 96.7 Å². The number of allylic oxidation sites excluding steroid dienone is 2. The van der Waals surface area contributed by atoms with Crippen molar-refractivity contribution < 1.29 is 0 Å². The molecular weight excluding hydrogens is 956 g/mol. The van der Waals surface area contributed by atoms with Crippen LogP contribution in [0.4, 0.5) is 5.69 Å². The lowest BCUT2D eigenvalue weighted by Gasteiger charge is -2.27. The summed E-state index contributed by atoms with van der Waals surface area (Å²) in [6, 6.07) is 85.1. The molecule has 2 unspecified atom stereocenters. The number of rotatable bonds is 9. The van der Waals surface area contributed by atoms with E-state index in [0.717, 1.165) is 95.1 Å². The number of hydrogen-bond donors (Lipinski definition) is 0. The molecule has 1 heterocycles. The van der Waals surface area contributed by atoms with Crippen LogP contribution in [0.5, 0.6) is 0 Å². The largest absolute Gasteiger partial charge is 0.308 e. The molecule has 1 aliphatic carbocycles. The molecule has 7 heteroatoms. The molecule has 0 spiro atoms. The Kier molecular flexibility index (Phi) is 12.8. The Hall–Kier alpha value is -10.2. The lowest BCUT2D eigenvalue weighted by molar-refractivity contribution is 0.900. The molecule has 1 aliphatic rings. The summed E-state index contributed by atoms with van der Waals surface area (Å²) in [5, 5.41) is 44.6. The maximum atomic E-state index is 12.1. The summed E-state index contributed by atoms with van der Waals surface area (Å²) < 4.78 is 2.29. The molecule has 2 atom stereocenters. The third-order valence-corrected chi connectivity index (χ3v) is 15.1. The zero-order chi connectivity index (χ0) is 52.4. The van der Waals surface area contributed by atoms with Gasteiger partial charge in [-0.3, -0.25) is 4.99 Å². The molecule has 0 N–H and O–H groups in total. The molecule has 1 aromatic heterocycles. The van der Waals surface area contributed by atoms with Crippen LogP contribution in [-0.2, 0) is 0 Å². The monoisotopic (exact) mass is 1000 g/mol. The first-order chi connectivity index (χ1) is 37.9.